The maximum atomic E-state index is 9.98. The average Bonchev–Trinajstić information content (AvgIpc) is 3.11. The number of allylic oxidation sites excluding steroid dienone is 4. The Labute approximate surface area is 269 Å². The molecule has 0 aromatic heterocycles. The molecule has 220 valence electrons. The van der Waals surface area contributed by atoms with E-state index >= 15 is 0 Å². The van der Waals surface area contributed by atoms with Crippen LogP contribution in [-0.2, 0) is 29.1 Å². The van der Waals surface area contributed by atoms with Gasteiger partial charge < -0.3 is 10.2 Å². The van der Waals surface area contributed by atoms with E-state index in [2.05, 4.69) is 121 Å². The Morgan fingerprint density at radius 1 is 0.558 bits per heavy atom. The maximum Gasteiger partial charge on any atom is 2.00 e. The van der Waals surface area contributed by atoms with Crippen molar-refractivity contribution in [3.63, 3.8) is 0 Å². The first-order chi connectivity index (χ1) is 20.2. The smallest absolute Gasteiger partial charge is 0.876 e. The van der Waals surface area contributed by atoms with E-state index in [-0.39, 0.29) is 42.6 Å². The molecular formula is C37H36O4PRu+. The van der Waals surface area contributed by atoms with Gasteiger partial charge in [-0.3, -0.25) is 9.59 Å². The quantitative estimate of drug-likeness (QED) is 0.116. The van der Waals surface area contributed by atoms with Crippen LogP contribution < -0.4 is 20.8 Å². The van der Waals surface area contributed by atoms with E-state index in [1.54, 1.807) is 0 Å². The van der Waals surface area contributed by atoms with E-state index in [1.807, 2.05) is 0 Å². The number of hydrogen-bond donors (Lipinski definition) is 0. The van der Waals surface area contributed by atoms with Crippen LogP contribution in [0.4, 0.5) is 0 Å². The van der Waals surface area contributed by atoms with E-state index in [1.165, 1.54) is 60.6 Å². The van der Waals surface area contributed by atoms with Crippen molar-refractivity contribution in [3.05, 3.63) is 155 Å². The molecule has 0 heterocycles. The van der Waals surface area contributed by atoms with Gasteiger partial charge in [-0.2, -0.15) is 0 Å². The Hall–Kier alpha value is -3.91. The van der Waals surface area contributed by atoms with Gasteiger partial charge in [0.05, 0.1) is 18.5 Å². The predicted octanol–water partition coefficient (Wildman–Crippen LogP) is 5.80. The molecular weight excluding hydrogens is 640 g/mol. The van der Waals surface area contributed by atoms with Crippen LogP contribution in [0.5, 0.6) is 0 Å². The first kappa shape index (κ1) is 35.3. The van der Waals surface area contributed by atoms with Crippen molar-refractivity contribution in [2.24, 2.45) is 0 Å². The van der Waals surface area contributed by atoms with Crippen molar-refractivity contribution in [1.29, 1.82) is 0 Å². The number of carbonyl (C=O) groups is 2. The number of ketones is 2. The van der Waals surface area contributed by atoms with Crippen LogP contribution in [0.2, 0.25) is 0 Å². The molecule has 0 radical (unpaired) electrons. The number of benzene rings is 4. The molecule has 4 aromatic carbocycles. The molecule has 4 nitrogen and oxygen atoms in total. The Morgan fingerprint density at radius 3 is 1.19 bits per heavy atom. The predicted molar refractivity (Wildman–Crippen MR) is 173 cm³/mol. The summed E-state index contributed by atoms with van der Waals surface area (Å²) >= 11 is 0. The SMILES string of the molecule is C1=Cc2ccccc2C([PH+](c2ccccc2)c2ccccc2)c2ccccc21.CC(=O)/C=C(/C)[O-].CC(=O)/C=C(/C)[O-].[Ru+2]. The van der Waals surface area contributed by atoms with Gasteiger partial charge in [0.15, 0.2) is 11.6 Å². The largest absolute Gasteiger partial charge is 2.00 e. The van der Waals surface area contributed by atoms with Crippen LogP contribution in [0.1, 0.15) is 55.6 Å². The molecule has 4 aromatic rings. The molecule has 5 rings (SSSR count). The van der Waals surface area contributed by atoms with Crippen molar-refractivity contribution >= 4 is 42.2 Å². The summed E-state index contributed by atoms with van der Waals surface area (Å²) in [6, 6.07) is 40.0. The van der Waals surface area contributed by atoms with Gasteiger partial charge in [-0.25, -0.2) is 0 Å². The van der Waals surface area contributed by atoms with Gasteiger partial charge >= 0.3 is 19.5 Å². The molecule has 0 saturated carbocycles. The Balaban J connectivity index is 0.000000362. The van der Waals surface area contributed by atoms with Crippen LogP contribution in [-0.4, -0.2) is 11.6 Å². The van der Waals surface area contributed by atoms with Crippen molar-refractivity contribution in [3.8, 4) is 0 Å². The van der Waals surface area contributed by atoms with Crippen molar-refractivity contribution in [2.75, 3.05) is 0 Å². The Kier molecular flexibility index (Phi) is 14.7. The second-order valence-electron chi connectivity index (χ2n) is 9.90. The fraction of sp³-hybridized carbons (Fsp3) is 0.135. The summed E-state index contributed by atoms with van der Waals surface area (Å²) in [6.07, 6.45) is 6.67. The van der Waals surface area contributed by atoms with Gasteiger partial charge in [-0.15, -0.1) is 11.5 Å². The maximum absolute atomic E-state index is 9.98. The number of hydrogen-bond acceptors (Lipinski definition) is 4. The zero-order chi connectivity index (χ0) is 30.5. The van der Waals surface area contributed by atoms with Gasteiger partial charge in [0, 0.05) is 11.1 Å². The molecule has 0 unspecified atom stereocenters. The number of rotatable bonds is 5. The average molecular weight is 677 g/mol. The van der Waals surface area contributed by atoms with Crippen molar-refractivity contribution < 1.29 is 39.3 Å². The summed E-state index contributed by atoms with van der Waals surface area (Å²) in [7, 11) is -1.09. The minimum atomic E-state index is -1.09. The summed E-state index contributed by atoms with van der Waals surface area (Å²) in [6.45, 7) is 5.39. The van der Waals surface area contributed by atoms with Gasteiger partial charge in [0.25, 0.3) is 0 Å². The molecule has 0 amide bonds. The van der Waals surface area contributed by atoms with Crippen molar-refractivity contribution in [2.45, 2.75) is 33.4 Å². The summed E-state index contributed by atoms with van der Waals surface area (Å²) in [5.74, 6) is -0.750. The molecule has 0 bridgehead atoms. The zero-order valence-electron chi connectivity index (χ0n) is 24.8. The summed E-state index contributed by atoms with van der Waals surface area (Å²) in [5, 5.41) is 22.9. The molecule has 0 saturated heterocycles. The van der Waals surface area contributed by atoms with Crippen LogP contribution in [0.25, 0.3) is 12.2 Å². The third-order valence-electron chi connectivity index (χ3n) is 6.33. The molecule has 6 heteroatoms. The second-order valence-corrected chi connectivity index (χ2v) is 12.5. The summed E-state index contributed by atoms with van der Waals surface area (Å²) in [5.41, 5.74) is 5.89. The van der Waals surface area contributed by atoms with E-state index in [0.29, 0.717) is 5.66 Å². The molecule has 0 spiro atoms. The molecule has 0 fully saturated rings. The molecule has 1 aliphatic carbocycles. The third-order valence-corrected chi connectivity index (χ3v) is 9.44. The minimum Gasteiger partial charge on any atom is -0.876 e. The molecule has 1 aliphatic rings. The van der Waals surface area contributed by atoms with Crippen molar-refractivity contribution in [1.82, 2.24) is 0 Å². The first-order valence-electron chi connectivity index (χ1n) is 13.7. The first-order valence-corrected chi connectivity index (χ1v) is 15.3. The fourth-order valence-corrected chi connectivity index (χ4v) is 8.07. The number of carbonyl (C=O) groups excluding carboxylic acids is 2. The minimum absolute atomic E-state index is 0. The number of fused-ring (bicyclic) bond motifs is 2. The van der Waals surface area contributed by atoms with Gasteiger partial charge in [-0.1, -0.05) is 111 Å². The molecule has 43 heavy (non-hydrogen) atoms. The standard InChI is InChI=1S/C27H21P.2C5H8O2.Ru/c1-3-13-23(14-4-1)28(24-15-5-2-6-16-24)27-25-17-9-7-11-21(25)19-20-22-12-8-10-18-26(22)27;2*1-4(6)3-5(2)7;/h1-20,27H;2*3,6H,1-2H3;/q;;;+2/p-1/b;2*4-3-;. The van der Waals surface area contributed by atoms with Gasteiger partial charge in [0.1, 0.15) is 5.66 Å². The normalized spacial score (nSPS) is 12.2. The van der Waals surface area contributed by atoms with E-state index < -0.39 is 7.92 Å². The molecule has 0 N–H and O–H groups in total. The van der Waals surface area contributed by atoms with Crippen LogP contribution >= 0.6 is 7.92 Å². The third kappa shape index (κ3) is 11.0. The molecule has 0 atom stereocenters. The Bertz CT molecular complexity index is 1450. The van der Waals surface area contributed by atoms with Crippen LogP contribution in [0, 0.1) is 0 Å². The van der Waals surface area contributed by atoms with E-state index in [9.17, 15) is 19.8 Å². The topological polar surface area (TPSA) is 80.3 Å². The van der Waals surface area contributed by atoms with Gasteiger partial charge in [-0.05, 0) is 61.4 Å². The summed E-state index contributed by atoms with van der Waals surface area (Å²) in [4.78, 5) is 20.0. The zero-order valence-corrected chi connectivity index (χ0v) is 27.5. The monoisotopic (exact) mass is 677 g/mol. The molecule has 0 aliphatic heterocycles. The van der Waals surface area contributed by atoms with Crippen LogP contribution in [0.15, 0.2) is 133 Å². The fourth-order valence-electron chi connectivity index (χ4n) is 4.82. The Morgan fingerprint density at radius 2 is 0.884 bits per heavy atom. The van der Waals surface area contributed by atoms with Crippen LogP contribution in [0.3, 0.4) is 0 Å². The van der Waals surface area contributed by atoms with E-state index in [4.69, 9.17) is 0 Å². The van der Waals surface area contributed by atoms with Gasteiger partial charge in [0.2, 0.25) is 0 Å². The van der Waals surface area contributed by atoms with E-state index in [0.717, 1.165) is 12.2 Å². The second kappa shape index (κ2) is 17.9. The summed E-state index contributed by atoms with van der Waals surface area (Å²) < 4.78 is 0.